The number of amides is 2. The first-order chi connectivity index (χ1) is 13.4. The lowest BCUT2D eigenvalue weighted by molar-refractivity contribution is -0.128. The topological polar surface area (TPSA) is 77.8 Å². The summed E-state index contributed by atoms with van der Waals surface area (Å²) in [5, 5.41) is 0.798. The number of hydrogen-bond acceptors (Lipinski definition) is 5. The first-order valence-corrected chi connectivity index (χ1v) is 9.76. The molecule has 0 bridgehead atoms. The zero-order chi connectivity index (χ0) is 21.6. The second kappa shape index (κ2) is 7.21. The Morgan fingerprint density at radius 3 is 2.17 bits per heavy atom. The van der Waals surface area contributed by atoms with Gasteiger partial charge in [-0.25, -0.2) is 14.5 Å². The summed E-state index contributed by atoms with van der Waals surface area (Å²) in [5.74, 6) is -0.279. The number of aromatic nitrogens is 1. The number of carbonyl (C=O) groups is 3. The van der Waals surface area contributed by atoms with Crippen molar-refractivity contribution in [3.8, 4) is 0 Å². The Morgan fingerprint density at radius 1 is 0.966 bits per heavy atom. The van der Waals surface area contributed by atoms with Crippen molar-refractivity contribution in [1.29, 1.82) is 0 Å². The fourth-order valence-corrected chi connectivity index (χ4v) is 3.45. The molecule has 1 saturated heterocycles. The summed E-state index contributed by atoms with van der Waals surface area (Å²) in [6.45, 7) is 10.7. The van der Waals surface area contributed by atoms with Crippen LogP contribution in [0.3, 0.4) is 0 Å². The van der Waals surface area contributed by atoms with Gasteiger partial charge in [-0.3, -0.25) is 9.36 Å². The molecule has 1 atom stereocenters. The molecule has 3 rings (SSSR count). The number of ether oxygens (including phenoxy) is 2. The number of rotatable bonds is 1. The number of fused-ring (bicyclic) bond motifs is 1. The van der Waals surface area contributed by atoms with Crippen LogP contribution < -0.4 is 0 Å². The standard InChI is InChI=1S/C22H28N2O5/c1-21(2,3)28-19(26)23-13-15(14-9-7-8-10-16(14)23)17-11-12-18(25)24(17)20(27)29-22(4,5)6/h7-10,13,17H,11-12H2,1-6H3. The second-order valence-corrected chi connectivity index (χ2v) is 9.25. The summed E-state index contributed by atoms with van der Waals surface area (Å²) >= 11 is 0. The van der Waals surface area contributed by atoms with Crippen LogP contribution in [0.5, 0.6) is 0 Å². The third-order valence-corrected chi connectivity index (χ3v) is 4.49. The van der Waals surface area contributed by atoms with Crippen LogP contribution in [-0.2, 0) is 14.3 Å². The Kier molecular flexibility index (Phi) is 5.19. The molecule has 7 nitrogen and oxygen atoms in total. The molecule has 2 aromatic rings. The van der Waals surface area contributed by atoms with Crippen LogP contribution in [0.1, 0.15) is 66.0 Å². The molecule has 0 saturated carbocycles. The minimum Gasteiger partial charge on any atom is -0.443 e. The summed E-state index contributed by atoms with van der Waals surface area (Å²) in [6.07, 6.45) is 1.21. The van der Waals surface area contributed by atoms with E-state index in [1.807, 2.05) is 24.3 Å². The summed E-state index contributed by atoms with van der Waals surface area (Å²) in [7, 11) is 0. The molecule has 29 heavy (non-hydrogen) atoms. The van der Waals surface area contributed by atoms with Gasteiger partial charge in [-0.15, -0.1) is 0 Å². The number of hydrogen-bond donors (Lipinski definition) is 0. The zero-order valence-electron chi connectivity index (χ0n) is 17.8. The van der Waals surface area contributed by atoms with Crippen LogP contribution in [-0.4, -0.2) is 38.8 Å². The van der Waals surface area contributed by atoms with Gasteiger partial charge in [0.05, 0.1) is 11.6 Å². The van der Waals surface area contributed by atoms with Gasteiger partial charge in [0.2, 0.25) is 5.91 Å². The number of benzene rings is 1. The molecule has 0 radical (unpaired) electrons. The molecule has 1 aliphatic heterocycles. The van der Waals surface area contributed by atoms with Gasteiger partial charge in [-0.1, -0.05) is 18.2 Å². The normalized spacial score (nSPS) is 17.7. The predicted molar refractivity (Wildman–Crippen MR) is 109 cm³/mol. The first kappa shape index (κ1) is 20.9. The van der Waals surface area contributed by atoms with Crippen LogP contribution in [0.25, 0.3) is 10.9 Å². The highest BCUT2D eigenvalue weighted by Crippen LogP contribution is 2.38. The van der Waals surface area contributed by atoms with Crippen LogP contribution >= 0.6 is 0 Å². The minimum atomic E-state index is -0.713. The van der Waals surface area contributed by atoms with Gasteiger partial charge in [-0.2, -0.15) is 0 Å². The third-order valence-electron chi connectivity index (χ3n) is 4.49. The maximum absolute atomic E-state index is 12.7. The Balaban J connectivity index is 2.04. The van der Waals surface area contributed by atoms with Gasteiger partial charge in [0.1, 0.15) is 11.2 Å². The molecule has 1 unspecified atom stereocenters. The van der Waals surface area contributed by atoms with Crippen LogP contribution in [0.4, 0.5) is 9.59 Å². The van der Waals surface area contributed by atoms with E-state index >= 15 is 0 Å². The minimum absolute atomic E-state index is 0.246. The summed E-state index contributed by atoms with van der Waals surface area (Å²) in [4.78, 5) is 39.1. The largest absolute Gasteiger partial charge is 0.443 e. The zero-order valence-corrected chi connectivity index (χ0v) is 17.8. The molecule has 0 aliphatic carbocycles. The summed E-state index contributed by atoms with van der Waals surface area (Å²) < 4.78 is 12.4. The van der Waals surface area contributed by atoms with Gasteiger partial charge in [0, 0.05) is 23.6 Å². The van der Waals surface area contributed by atoms with E-state index in [9.17, 15) is 14.4 Å². The molecular weight excluding hydrogens is 372 g/mol. The lowest BCUT2D eigenvalue weighted by Gasteiger charge is -2.27. The third kappa shape index (κ3) is 4.44. The molecular formula is C22H28N2O5. The van der Waals surface area contributed by atoms with Gasteiger partial charge < -0.3 is 9.47 Å². The molecule has 1 aliphatic rings. The Labute approximate surface area is 170 Å². The average molecular weight is 400 g/mol. The van der Waals surface area contributed by atoms with Gasteiger partial charge >= 0.3 is 12.2 Å². The fraction of sp³-hybridized carbons (Fsp3) is 0.500. The van der Waals surface area contributed by atoms with E-state index in [1.54, 1.807) is 47.7 Å². The van der Waals surface area contributed by atoms with Gasteiger partial charge in [-0.05, 0) is 54.0 Å². The van der Waals surface area contributed by atoms with Crippen molar-refractivity contribution >= 4 is 29.0 Å². The van der Waals surface area contributed by atoms with E-state index in [1.165, 1.54) is 9.47 Å². The number of imide groups is 1. The highest BCUT2D eigenvalue weighted by molar-refractivity contribution is 5.97. The number of carbonyl (C=O) groups excluding carboxylic acids is 3. The van der Waals surface area contributed by atoms with Crippen molar-refractivity contribution in [1.82, 2.24) is 9.47 Å². The van der Waals surface area contributed by atoms with E-state index in [0.29, 0.717) is 11.9 Å². The Morgan fingerprint density at radius 2 is 1.55 bits per heavy atom. The van der Waals surface area contributed by atoms with Crippen molar-refractivity contribution in [2.45, 2.75) is 71.6 Å². The second-order valence-electron chi connectivity index (χ2n) is 9.25. The fourth-order valence-electron chi connectivity index (χ4n) is 3.45. The first-order valence-electron chi connectivity index (χ1n) is 9.76. The monoisotopic (exact) mass is 400 g/mol. The van der Waals surface area contributed by atoms with Crippen molar-refractivity contribution in [3.05, 3.63) is 36.0 Å². The molecule has 0 N–H and O–H groups in total. The quantitative estimate of drug-likeness (QED) is 0.671. The van der Waals surface area contributed by atoms with Crippen molar-refractivity contribution in [2.75, 3.05) is 0 Å². The highest BCUT2D eigenvalue weighted by Gasteiger charge is 2.40. The van der Waals surface area contributed by atoms with Crippen LogP contribution in [0, 0.1) is 0 Å². The highest BCUT2D eigenvalue weighted by atomic mass is 16.6. The van der Waals surface area contributed by atoms with Crippen LogP contribution in [0.2, 0.25) is 0 Å². The van der Waals surface area contributed by atoms with Crippen molar-refractivity contribution in [3.63, 3.8) is 0 Å². The smallest absolute Gasteiger partial charge is 0.419 e. The molecule has 2 amide bonds. The molecule has 1 fully saturated rings. The number of para-hydroxylation sites is 1. The molecule has 2 heterocycles. The molecule has 1 aromatic carbocycles. The molecule has 156 valence electrons. The van der Waals surface area contributed by atoms with E-state index in [0.717, 1.165) is 10.9 Å². The predicted octanol–water partition coefficient (Wildman–Crippen LogP) is 5.02. The molecule has 7 heteroatoms. The van der Waals surface area contributed by atoms with Crippen LogP contribution in [0.15, 0.2) is 30.5 Å². The maximum atomic E-state index is 12.7. The van der Waals surface area contributed by atoms with E-state index in [4.69, 9.17) is 9.47 Å². The number of nitrogens with zero attached hydrogens (tertiary/aromatic N) is 2. The van der Waals surface area contributed by atoms with E-state index in [2.05, 4.69) is 0 Å². The van der Waals surface area contributed by atoms with Crippen molar-refractivity contribution in [2.24, 2.45) is 0 Å². The SMILES string of the molecule is CC(C)(C)OC(=O)N1C(=O)CCC1c1cn(C(=O)OC(C)(C)C)c2ccccc12. The van der Waals surface area contributed by atoms with Crippen molar-refractivity contribution < 1.29 is 23.9 Å². The lowest BCUT2D eigenvalue weighted by atomic mass is 10.0. The van der Waals surface area contributed by atoms with E-state index < -0.39 is 29.4 Å². The van der Waals surface area contributed by atoms with E-state index in [-0.39, 0.29) is 12.3 Å². The molecule has 1 aromatic heterocycles. The summed E-state index contributed by atoms with van der Waals surface area (Å²) in [6, 6.07) is 6.89. The lowest BCUT2D eigenvalue weighted by Crippen LogP contribution is -2.38. The molecule has 0 spiro atoms. The number of likely N-dealkylation sites (tertiary alicyclic amines) is 1. The maximum Gasteiger partial charge on any atom is 0.419 e. The average Bonchev–Trinajstić information content (AvgIpc) is 3.12. The van der Waals surface area contributed by atoms with Gasteiger partial charge in [0.25, 0.3) is 0 Å². The van der Waals surface area contributed by atoms with Gasteiger partial charge in [0.15, 0.2) is 0 Å². The Bertz CT molecular complexity index is 962. The Hall–Kier alpha value is -2.83. The summed E-state index contributed by atoms with van der Waals surface area (Å²) in [5.41, 5.74) is 0.0344.